The highest BCUT2D eigenvalue weighted by Gasteiger charge is 2.68. The van der Waals surface area contributed by atoms with Crippen LogP contribution in [0.3, 0.4) is 0 Å². The molecular formula is C24H32O5. The third-order valence-corrected chi connectivity index (χ3v) is 9.89. The van der Waals surface area contributed by atoms with Crippen LogP contribution in [0.1, 0.15) is 71.6 Å². The monoisotopic (exact) mass is 400 g/mol. The molecule has 0 aromatic rings. The van der Waals surface area contributed by atoms with E-state index in [9.17, 15) is 14.4 Å². The lowest BCUT2D eigenvalue weighted by Crippen LogP contribution is -2.60. The first kappa shape index (κ1) is 19.3. The Hall–Kier alpha value is -1.65. The summed E-state index contributed by atoms with van der Waals surface area (Å²) < 4.78 is 11.2. The number of hydrogen-bond donors (Lipinski definition) is 0. The second-order valence-electron chi connectivity index (χ2n) is 10.6. The molecule has 5 rings (SSSR count). The third kappa shape index (κ3) is 2.42. The van der Waals surface area contributed by atoms with E-state index in [1.54, 1.807) is 0 Å². The zero-order valence-electron chi connectivity index (χ0n) is 17.8. The van der Waals surface area contributed by atoms with Crippen molar-refractivity contribution < 1.29 is 23.9 Å². The number of esters is 2. The molecule has 0 aromatic carbocycles. The van der Waals surface area contributed by atoms with Gasteiger partial charge in [0.15, 0.2) is 5.78 Å². The van der Waals surface area contributed by atoms with Gasteiger partial charge in [-0.05, 0) is 73.7 Å². The first-order valence-corrected chi connectivity index (χ1v) is 11.3. The number of rotatable bonds is 1. The number of carbonyl (C=O) groups excluding carboxylic acids is 3. The van der Waals surface area contributed by atoms with Gasteiger partial charge in [-0.1, -0.05) is 19.4 Å². The average molecular weight is 401 g/mol. The molecule has 0 N–H and O–H groups in total. The van der Waals surface area contributed by atoms with Gasteiger partial charge in [0.25, 0.3) is 0 Å². The van der Waals surface area contributed by atoms with Gasteiger partial charge in [0.05, 0.1) is 13.0 Å². The minimum Gasteiger partial charge on any atom is -0.469 e. The largest absolute Gasteiger partial charge is 0.469 e. The first-order valence-electron chi connectivity index (χ1n) is 11.3. The molecule has 4 fully saturated rings. The molecule has 29 heavy (non-hydrogen) atoms. The van der Waals surface area contributed by atoms with Crippen molar-refractivity contribution in [1.29, 1.82) is 0 Å². The SMILES string of the molecule is COC(=O)C1CC2=CC(=O)CCC2(C)C2(C)CCC3C(CCC34CCC(=O)O4)C12. The van der Waals surface area contributed by atoms with Crippen LogP contribution in [0, 0.1) is 34.5 Å². The predicted octanol–water partition coefficient (Wildman–Crippen LogP) is 3.99. The highest BCUT2D eigenvalue weighted by Crippen LogP contribution is 2.71. The van der Waals surface area contributed by atoms with Gasteiger partial charge in [-0.15, -0.1) is 0 Å². The number of ketones is 1. The van der Waals surface area contributed by atoms with Crippen LogP contribution < -0.4 is 0 Å². The lowest BCUT2D eigenvalue weighted by atomic mass is 9.40. The second kappa shape index (κ2) is 6.18. The molecule has 7 unspecified atom stereocenters. The summed E-state index contributed by atoms with van der Waals surface area (Å²) in [5.41, 5.74) is 0.750. The van der Waals surface area contributed by atoms with Crippen molar-refractivity contribution in [2.45, 2.75) is 77.2 Å². The van der Waals surface area contributed by atoms with Gasteiger partial charge in [-0.2, -0.15) is 0 Å². The Morgan fingerprint density at radius 2 is 1.90 bits per heavy atom. The van der Waals surface area contributed by atoms with Crippen LogP contribution >= 0.6 is 0 Å². The van der Waals surface area contributed by atoms with E-state index in [4.69, 9.17) is 9.47 Å². The summed E-state index contributed by atoms with van der Waals surface area (Å²) in [6.45, 7) is 4.69. The maximum Gasteiger partial charge on any atom is 0.309 e. The van der Waals surface area contributed by atoms with Gasteiger partial charge in [0.1, 0.15) is 5.60 Å². The number of hydrogen-bond acceptors (Lipinski definition) is 5. The van der Waals surface area contributed by atoms with Crippen molar-refractivity contribution in [3.63, 3.8) is 0 Å². The molecule has 0 bridgehead atoms. The summed E-state index contributed by atoms with van der Waals surface area (Å²) in [6.07, 6.45) is 9.27. The predicted molar refractivity (Wildman–Crippen MR) is 106 cm³/mol. The van der Waals surface area contributed by atoms with E-state index in [1.165, 1.54) is 7.11 Å². The fourth-order valence-corrected chi connectivity index (χ4v) is 8.30. The van der Waals surface area contributed by atoms with Crippen LogP contribution in [0.25, 0.3) is 0 Å². The summed E-state index contributed by atoms with van der Waals surface area (Å²) >= 11 is 0. The molecular weight excluding hydrogens is 368 g/mol. The number of ether oxygens (including phenoxy) is 2. The summed E-state index contributed by atoms with van der Waals surface area (Å²) in [6, 6.07) is 0. The van der Waals surface area contributed by atoms with Crippen LogP contribution in [0.4, 0.5) is 0 Å². The molecule has 1 aliphatic heterocycles. The Bertz CT molecular complexity index is 814. The second-order valence-corrected chi connectivity index (χ2v) is 10.6. The van der Waals surface area contributed by atoms with Crippen molar-refractivity contribution in [3.8, 4) is 0 Å². The Kier molecular flexibility index (Phi) is 4.12. The molecule has 158 valence electrons. The number of methoxy groups -OCH3 is 1. The standard InChI is InChI=1S/C24H32O5/c1-22-8-4-15(25)12-14(22)13-17(21(27)28-3)20-16-5-10-24(11-7-19(26)29-24)18(16)6-9-23(20,22)2/h12,16-18,20H,4-11,13H2,1-3H3. The molecule has 0 amide bonds. The molecule has 1 heterocycles. The minimum absolute atomic E-state index is 0.0497. The molecule has 5 nitrogen and oxygen atoms in total. The van der Waals surface area contributed by atoms with E-state index < -0.39 is 0 Å². The molecule has 0 radical (unpaired) electrons. The van der Waals surface area contributed by atoms with E-state index in [0.717, 1.165) is 44.1 Å². The fraction of sp³-hybridized carbons (Fsp3) is 0.792. The number of allylic oxidation sites excluding steroid dienone is 1. The quantitative estimate of drug-likeness (QED) is 0.623. The third-order valence-electron chi connectivity index (χ3n) is 9.89. The van der Waals surface area contributed by atoms with Crippen LogP contribution in [-0.2, 0) is 23.9 Å². The first-order chi connectivity index (χ1) is 13.7. The topological polar surface area (TPSA) is 69.7 Å². The number of fused-ring (bicyclic) bond motifs is 6. The van der Waals surface area contributed by atoms with E-state index in [-0.39, 0.29) is 46.0 Å². The molecule has 5 heteroatoms. The van der Waals surface area contributed by atoms with E-state index in [2.05, 4.69) is 13.8 Å². The highest BCUT2D eigenvalue weighted by atomic mass is 16.6. The minimum atomic E-state index is -0.302. The normalized spacial score (nSPS) is 48.4. The van der Waals surface area contributed by atoms with Crippen LogP contribution in [-0.4, -0.2) is 30.4 Å². The van der Waals surface area contributed by atoms with Gasteiger partial charge < -0.3 is 9.47 Å². The molecule has 1 saturated heterocycles. The summed E-state index contributed by atoms with van der Waals surface area (Å²) in [5.74, 6) is 0.702. The van der Waals surface area contributed by atoms with Crippen molar-refractivity contribution in [2.75, 3.05) is 7.11 Å². The molecule has 3 saturated carbocycles. The lowest BCUT2D eigenvalue weighted by molar-refractivity contribution is -0.175. The summed E-state index contributed by atoms with van der Waals surface area (Å²) in [4.78, 5) is 37.1. The highest BCUT2D eigenvalue weighted by molar-refractivity contribution is 5.92. The number of carbonyl (C=O) groups is 3. The van der Waals surface area contributed by atoms with Gasteiger partial charge in [-0.3, -0.25) is 14.4 Å². The molecule has 7 atom stereocenters. The maximum atomic E-state index is 13.0. The summed E-state index contributed by atoms with van der Waals surface area (Å²) in [7, 11) is 1.48. The van der Waals surface area contributed by atoms with E-state index in [1.807, 2.05) is 6.08 Å². The zero-order chi connectivity index (χ0) is 20.6. The average Bonchev–Trinajstić information content (AvgIpc) is 3.25. The zero-order valence-corrected chi connectivity index (χ0v) is 17.8. The van der Waals surface area contributed by atoms with Crippen molar-refractivity contribution in [3.05, 3.63) is 11.6 Å². The van der Waals surface area contributed by atoms with E-state index >= 15 is 0 Å². The molecule has 5 aliphatic rings. The van der Waals surface area contributed by atoms with Crippen molar-refractivity contribution in [1.82, 2.24) is 0 Å². The Labute approximate surface area is 172 Å². The summed E-state index contributed by atoms with van der Waals surface area (Å²) in [5, 5.41) is 0. The maximum absolute atomic E-state index is 13.0. The lowest BCUT2D eigenvalue weighted by Gasteiger charge is -2.64. The van der Waals surface area contributed by atoms with Crippen molar-refractivity contribution in [2.24, 2.45) is 34.5 Å². The van der Waals surface area contributed by atoms with Gasteiger partial charge in [-0.25, -0.2) is 0 Å². The molecule has 4 aliphatic carbocycles. The van der Waals surface area contributed by atoms with Crippen LogP contribution in [0.2, 0.25) is 0 Å². The molecule has 0 aromatic heterocycles. The van der Waals surface area contributed by atoms with Gasteiger partial charge in [0.2, 0.25) is 0 Å². The van der Waals surface area contributed by atoms with Crippen molar-refractivity contribution >= 4 is 17.7 Å². The van der Waals surface area contributed by atoms with Crippen LogP contribution in [0.5, 0.6) is 0 Å². The van der Waals surface area contributed by atoms with Crippen LogP contribution in [0.15, 0.2) is 11.6 Å². The Morgan fingerprint density at radius 1 is 1.10 bits per heavy atom. The molecule has 1 spiro atoms. The van der Waals surface area contributed by atoms with Gasteiger partial charge in [0, 0.05) is 18.8 Å². The Morgan fingerprint density at radius 3 is 2.59 bits per heavy atom. The fourth-order valence-electron chi connectivity index (χ4n) is 8.30. The Balaban J connectivity index is 1.59. The van der Waals surface area contributed by atoms with E-state index in [0.29, 0.717) is 31.1 Å². The van der Waals surface area contributed by atoms with Gasteiger partial charge >= 0.3 is 11.9 Å². The smallest absolute Gasteiger partial charge is 0.309 e.